The molecule has 1 N–H and O–H groups in total. The van der Waals surface area contributed by atoms with Gasteiger partial charge in [0.25, 0.3) is 5.88 Å². The predicted octanol–water partition coefficient (Wildman–Crippen LogP) is 3.46. The monoisotopic (exact) mass is 428 g/mol. The van der Waals surface area contributed by atoms with Crippen LogP contribution in [0.5, 0.6) is 5.88 Å². The normalized spacial score (nSPS) is 16.1. The molecule has 0 saturated heterocycles. The van der Waals surface area contributed by atoms with Gasteiger partial charge in [0.1, 0.15) is 12.3 Å². The van der Waals surface area contributed by atoms with Crippen LogP contribution in [0.3, 0.4) is 0 Å². The van der Waals surface area contributed by atoms with E-state index in [2.05, 4.69) is 30.5 Å². The zero-order valence-electron chi connectivity index (χ0n) is 16.5. The Labute approximate surface area is 175 Å². The molecule has 30 heavy (non-hydrogen) atoms. The smallest absolute Gasteiger partial charge is 0.257 e. The van der Waals surface area contributed by atoms with Crippen molar-refractivity contribution in [3.05, 3.63) is 40.6 Å². The summed E-state index contributed by atoms with van der Waals surface area (Å²) in [6.45, 7) is 5.51. The van der Waals surface area contributed by atoms with Crippen LogP contribution in [0.1, 0.15) is 17.0 Å². The van der Waals surface area contributed by atoms with Gasteiger partial charge in [0.15, 0.2) is 17.0 Å². The topological polar surface area (TPSA) is 95.6 Å². The van der Waals surface area contributed by atoms with Crippen molar-refractivity contribution in [2.24, 2.45) is 0 Å². The highest BCUT2D eigenvalue weighted by atomic mass is 35.5. The lowest BCUT2D eigenvalue weighted by atomic mass is 10.2. The van der Waals surface area contributed by atoms with Gasteiger partial charge in [-0.2, -0.15) is 10.1 Å². The largest absolute Gasteiger partial charge is 0.472 e. The summed E-state index contributed by atoms with van der Waals surface area (Å²) < 4.78 is 23.6. The lowest BCUT2D eigenvalue weighted by Gasteiger charge is -2.09. The maximum atomic E-state index is 14.7. The number of pyridine rings is 1. The van der Waals surface area contributed by atoms with Crippen molar-refractivity contribution in [1.29, 1.82) is 0 Å². The van der Waals surface area contributed by atoms with E-state index in [4.69, 9.17) is 16.3 Å². The zero-order valence-corrected chi connectivity index (χ0v) is 17.3. The fraction of sp³-hybridized carbons (Fsp3) is 0.316. The number of aryl methyl sites for hydroxylation is 2. The van der Waals surface area contributed by atoms with Crippen molar-refractivity contribution in [1.82, 2.24) is 34.5 Å². The first-order valence-corrected chi connectivity index (χ1v) is 9.74. The molecular formula is C19H18ClFN8O. The van der Waals surface area contributed by atoms with Crippen LogP contribution in [0.4, 0.5) is 16.0 Å². The molecular weight excluding hydrogens is 411 g/mol. The quantitative estimate of drug-likeness (QED) is 0.496. The average molecular weight is 429 g/mol. The molecule has 9 nitrogen and oxygen atoms in total. The fourth-order valence-corrected chi connectivity index (χ4v) is 3.65. The van der Waals surface area contributed by atoms with Gasteiger partial charge in [-0.25, -0.2) is 18.7 Å². The molecule has 5 heterocycles. The fourth-order valence-electron chi connectivity index (χ4n) is 3.42. The molecule has 5 rings (SSSR count). The molecule has 4 aromatic rings. The summed E-state index contributed by atoms with van der Waals surface area (Å²) in [4.78, 5) is 13.2. The number of hydrogen-bond donors (Lipinski definition) is 1. The summed E-state index contributed by atoms with van der Waals surface area (Å²) in [6, 6.07) is 1.99. The van der Waals surface area contributed by atoms with Gasteiger partial charge in [-0.15, -0.1) is 5.10 Å². The number of nitrogens with zero attached hydrogens (tertiary/aromatic N) is 7. The van der Waals surface area contributed by atoms with Crippen LogP contribution < -0.4 is 10.1 Å². The summed E-state index contributed by atoms with van der Waals surface area (Å²) in [5.74, 6) is 0.571. The Hall–Kier alpha value is -3.27. The van der Waals surface area contributed by atoms with Crippen molar-refractivity contribution < 1.29 is 9.13 Å². The summed E-state index contributed by atoms with van der Waals surface area (Å²) >= 11 is 6.15. The Kier molecular flexibility index (Phi) is 4.31. The molecule has 1 aliphatic rings. The van der Waals surface area contributed by atoms with E-state index in [-0.39, 0.29) is 24.2 Å². The Morgan fingerprint density at radius 2 is 2.03 bits per heavy atom. The van der Waals surface area contributed by atoms with E-state index in [0.717, 1.165) is 22.6 Å². The maximum Gasteiger partial charge on any atom is 0.257 e. The molecule has 1 atom stereocenters. The third kappa shape index (κ3) is 3.04. The van der Waals surface area contributed by atoms with Crippen molar-refractivity contribution in [3.63, 3.8) is 0 Å². The molecule has 0 aliphatic carbocycles. The van der Waals surface area contributed by atoms with E-state index in [1.54, 1.807) is 17.1 Å². The van der Waals surface area contributed by atoms with Crippen LogP contribution in [-0.4, -0.2) is 47.3 Å². The van der Waals surface area contributed by atoms with Crippen LogP contribution in [0.25, 0.3) is 16.7 Å². The molecule has 4 aromatic heterocycles. The van der Waals surface area contributed by atoms with Crippen LogP contribution in [-0.2, 0) is 6.54 Å². The van der Waals surface area contributed by atoms with Crippen LogP contribution in [0.2, 0.25) is 5.15 Å². The van der Waals surface area contributed by atoms with E-state index >= 15 is 0 Å². The van der Waals surface area contributed by atoms with Crippen LogP contribution in [0.15, 0.2) is 18.5 Å². The minimum absolute atomic E-state index is 0.0460. The molecule has 2 bridgehead atoms. The first-order chi connectivity index (χ1) is 14.4. The van der Waals surface area contributed by atoms with Crippen molar-refractivity contribution in [2.45, 2.75) is 33.5 Å². The van der Waals surface area contributed by atoms with E-state index in [1.165, 1.54) is 4.68 Å². The maximum absolute atomic E-state index is 14.7. The highest BCUT2D eigenvalue weighted by Crippen LogP contribution is 2.33. The van der Waals surface area contributed by atoms with E-state index in [0.29, 0.717) is 22.7 Å². The highest BCUT2D eigenvalue weighted by Gasteiger charge is 2.24. The van der Waals surface area contributed by atoms with Gasteiger partial charge in [0.2, 0.25) is 5.95 Å². The third-order valence-corrected chi connectivity index (χ3v) is 5.24. The SMILES string of the molecule is Cc1cnc(C)c(-n2nc3c(c2C)Nc2ncc4c(Cl)nn(c4n2)C[C@H](F)CO3)c1. The van der Waals surface area contributed by atoms with Gasteiger partial charge in [0, 0.05) is 12.4 Å². The molecule has 0 radical (unpaired) electrons. The highest BCUT2D eigenvalue weighted by molar-refractivity contribution is 6.34. The van der Waals surface area contributed by atoms with Gasteiger partial charge >= 0.3 is 0 Å². The molecule has 1 aliphatic heterocycles. The summed E-state index contributed by atoms with van der Waals surface area (Å²) in [5.41, 5.74) is 4.39. The summed E-state index contributed by atoms with van der Waals surface area (Å²) in [5, 5.41) is 12.7. The van der Waals surface area contributed by atoms with E-state index in [9.17, 15) is 4.39 Å². The number of ether oxygens (including phenoxy) is 1. The van der Waals surface area contributed by atoms with Gasteiger partial charge < -0.3 is 10.1 Å². The van der Waals surface area contributed by atoms with E-state index in [1.807, 2.05) is 26.8 Å². The number of nitrogens with one attached hydrogen (secondary N) is 1. The second-order valence-electron chi connectivity index (χ2n) is 7.23. The van der Waals surface area contributed by atoms with Crippen LogP contribution in [0, 0.1) is 20.8 Å². The minimum atomic E-state index is -1.33. The van der Waals surface area contributed by atoms with Gasteiger partial charge in [-0.05, 0) is 32.4 Å². The minimum Gasteiger partial charge on any atom is -0.472 e. The number of rotatable bonds is 1. The van der Waals surface area contributed by atoms with Gasteiger partial charge in [-0.1, -0.05) is 11.6 Å². The Morgan fingerprint density at radius 1 is 1.20 bits per heavy atom. The van der Waals surface area contributed by atoms with Gasteiger partial charge in [-0.3, -0.25) is 4.98 Å². The molecule has 0 aromatic carbocycles. The van der Waals surface area contributed by atoms with E-state index < -0.39 is 6.17 Å². The van der Waals surface area contributed by atoms with Crippen molar-refractivity contribution in [3.8, 4) is 11.6 Å². The second kappa shape index (κ2) is 6.91. The second-order valence-corrected chi connectivity index (χ2v) is 7.59. The molecule has 0 spiro atoms. The Bertz CT molecular complexity index is 1280. The molecule has 0 unspecified atom stereocenters. The molecule has 0 saturated carbocycles. The zero-order chi connectivity index (χ0) is 21.0. The first-order valence-electron chi connectivity index (χ1n) is 9.37. The lowest BCUT2D eigenvalue weighted by Crippen LogP contribution is -2.20. The first kappa shape index (κ1) is 18.7. The third-order valence-electron chi connectivity index (χ3n) is 4.96. The number of alkyl halides is 1. The van der Waals surface area contributed by atoms with Crippen LogP contribution >= 0.6 is 11.6 Å². The summed E-state index contributed by atoms with van der Waals surface area (Å²) in [7, 11) is 0. The average Bonchev–Trinajstić information content (AvgIpc) is 3.18. The molecule has 154 valence electrons. The molecule has 0 fully saturated rings. The Balaban J connectivity index is 1.67. The van der Waals surface area contributed by atoms with Crippen molar-refractivity contribution >= 4 is 34.3 Å². The number of aromatic nitrogens is 7. The molecule has 0 amide bonds. The summed E-state index contributed by atoms with van der Waals surface area (Å²) in [6.07, 6.45) is 2.03. The van der Waals surface area contributed by atoms with Gasteiger partial charge in [0.05, 0.1) is 29.0 Å². The number of fused-ring (bicyclic) bond motifs is 2. The number of hydrogen-bond acceptors (Lipinski definition) is 7. The van der Waals surface area contributed by atoms with Crippen molar-refractivity contribution in [2.75, 3.05) is 11.9 Å². The standard InChI is InChI=1S/C19H18ClFN8O/c1-9-4-14(10(2)22-5-9)29-11(3)15-18(27-29)30-8-12(21)7-28-17-13(16(20)26-28)6-23-19(24-15)25-17/h4-6,12H,7-8H2,1-3H3,(H,23,24,25)/t12-/m0/s1. The predicted molar refractivity (Wildman–Crippen MR) is 110 cm³/mol. The number of halogens is 2. The Morgan fingerprint density at radius 3 is 2.87 bits per heavy atom. The molecule has 11 heteroatoms. The number of anilines is 2. The lowest BCUT2D eigenvalue weighted by molar-refractivity contribution is 0.171.